The molecule has 1 N–H and O–H groups in total. The Morgan fingerprint density at radius 2 is 1.93 bits per heavy atom. The van der Waals surface area contributed by atoms with Gasteiger partial charge in [-0.3, -0.25) is 14.9 Å². The molecule has 1 amide bonds. The van der Waals surface area contributed by atoms with Crippen LogP contribution in [0.4, 0.5) is 5.69 Å². The minimum absolute atomic E-state index is 0.0239. The molecular weight excluding hydrogens is 354 g/mol. The quantitative estimate of drug-likeness (QED) is 0.451. The molecule has 142 valence electrons. The van der Waals surface area contributed by atoms with Crippen LogP contribution in [0.15, 0.2) is 41.5 Å². The van der Waals surface area contributed by atoms with Crippen LogP contribution in [0.1, 0.15) is 29.8 Å². The SMILES string of the molecule is COc1cc(/C=N\NC(=O)c2ccc(OC(C)C)cc2)cc([N+](=O)[O-])c1[O-]. The minimum atomic E-state index is -0.826. The number of hydrogen-bond acceptors (Lipinski definition) is 7. The Hall–Kier alpha value is -3.62. The third-order valence-corrected chi connectivity index (χ3v) is 3.34. The van der Waals surface area contributed by atoms with Gasteiger partial charge in [0.15, 0.2) is 0 Å². The van der Waals surface area contributed by atoms with Crippen molar-refractivity contribution < 1.29 is 24.3 Å². The fourth-order valence-corrected chi connectivity index (χ4v) is 2.16. The van der Waals surface area contributed by atoms with Crippen molar-refractivity contribution in [1.29, 1.82) is 0 Å². The van der Waals surface area contributed by atoms with Gasteiger partial charge in [-0.25, -0.2) is 5.43 Å². The average Bonchev–Trinajstić information content (AvgIpc) is 2.62. The number of benzene rings is 2. The molecule has 2 aromatic rings. The van der Waals surface area contributed by atoms with E-state index in [1.54, 1.807) is 24.3 Å². The first-order valence-electron chi connectivity index (χ1n) is 7.95. The second kappa shape index (κ2) is 8.65. The summed E-state index contributed by atoms with van der Waals surface area (Å²) in [6.07, 6.45) is 1.21. The maximum Gasteiger partial charge on any atom is 0.271 e. The zero-order chi connectivity index (χ0) is 20.0. The van der Waals surface area contributed by atoms with E-state index in [0.29, 0.717) is 11.3 Å². The maximum absolute atomic E-state index is 12.1. The summed E-state index contributed by atoms with van der Waals surface area (Å²) < 4.78 is 10.3. The van der Waals surface area contributed by atoms with Gasteiger partial charge in [0.2, 0.25) is 0 Å². The number of ether oxygens (including phenoxy) is 2. The van der Waals surface area contributed by atoms with E-state index in [-0.39, 0.29) is 17.4 Å². The zero-order valence-electron chi connectivity index (χ0n) is 15.0. The molecule has 0 radical (unpaired) electrons. The van der Waals surface area contributed by atoms with E-state index in [1.807, 2.05) is 13.8 Å². The number of nitrogens with zero attached hydrogens (tertiary/aromatic N) is 2. The molecule has 0 aliphatic heterocycles. The van der Waals surface area contributed by atoms with E-state index < -0.39 is 22.3 Å². The van der Waals surface area contributed by atoms with Gasteiger partial charge in [0.05, 0.1) is 24.4 Å². The van der Waals surface area contributed by atoms with Crippen molar-refractivity contribution in [3.8, 4) is 17.2 Å². The molecule has 0 atom stereocenters. The summed E-state index contributed by atoms with van der Waals surface area (Å²) in [5.41, 5.74) is 2.27. The maximum atomic E-state index is 12.1. The van der Waals surface area contributed by atoms with Gasteiger partial charge in [-0.05, 0) is 44.2 Å². The Morgan fingerprint density at radius 3 is 2.48 bits per heavy atom. The normalized spacial score (nSPS) is 10.8. The molecular formula is C18H18N3O6-. The third kappa shape index (κ3) is 5.18. The standard InChI is InChI=1S/C18H19N3O6/c1-11(2)27-14-6-4-13(5-7-14)18(23)20-19-10-12-8-15(21(24)25)17(22)16(9-12)26-3/h4-11,22H,1-3H3,(H,20,23)/p-1/b19-10-. The van der Waals surface area contributed by atoms with Gasteiger partial charge >= 0.3 is 0 Å². The van der Waals surface area contributed by atoms with Crippen LogP contribution < -0.4 is 20.0 Å². The summed E-state index contributed by atoms with van der Waals surface area (Å²) in [4.78, 5) is 22.2. The van der Waals surface area contributed by atoms with Crippen molar-refractivity contribution >= 4 is 17.8 Å². The minimum Gasteiger partial charge on any atom is -0.865 e. The first kappa shape index (κ1) is 19.7. The summed E-state index contributed by atoms with van der Waals surface area (Å²) in [6, 6.07) is 8.85. The highest BCUT2D eigenvalue weighted by atomic mass is 16.6. The van der Waals surface area contributed by atoms with E-state index in [9.17, 15) is 20.0 Å². The summed E-state index contributed by atoms with van der Waals surface area (Å²) in [6.45, 7) is 3.79. The monoisotopic (exact) mass is 372 g/mol. The fourth-order valence-electron chi connectivity index (χ4n) is 2.16. The Kier molecular flexibility index (Phi) is 6.32. The predicted molar refractivity (Wildman–Crippen MR) is 96.4 cm³/mol. The van der Waals surface area contributed by atoms with E-state index in [4.69, 9.17) is 9.47 Å². The van der Waals surface area contributed by atoms with E-state index in [0.717, 1.165) is 6.07 Å². The molecule has 0 fully saturated rings. The van der Waals surface area contributed by atoms with Crippen LogP contribution in [0, 0.1) is 10.1 Å². The molecule has 9 heteroatoms. The average molecular weight is 372 g/mol. The zero-order valence-corrected chi connectivity index (χ0v) is 15.0. The molecule has 0 aliphatic rings. The number of hydrazone groups is 1. The van der Waals surface area contributed by atoms with E-state index >= 15 is 0 Å². The number of carbonyl (C=O) groups excluding carboxylic acids is 1. The predicted octanol–water partition coefficient (Wildman–Crippen LogP) is 2.23. The van der Waals surface area contributed by atoms with Crippen molar-refractivity contribution in [3.05, 3.63) is 57.6 Å². The lowest BCUT2D eigenvalue weighted by Gasteiger charge is -2.13. The van der Waals surface area contributed by atoms with Crippen LogP contribution in [0.3, 0.4) is 0 Å². The summed E-state index contributed by atoms with van der Waals surface area (Å²) in [5.74, 6) is -0.837. The van der Waals surface area contributed by atoms with Crippen molar-refractivity contribution in [2.75, 3.05) is 7.11 Å². The Labute approximate surface area is 155 Å². The van der Waals surface area contributed by atoms with Crippen molar-refractivity contribution in [3.63, 3.8) is 0 Å². The highest BCUT2D eigenvalue weighted by molar-refractivity contribution is 5.95. The van der Waals surface area contributed by atoms with Gasteiger partial charge in [0.1, 0.15) is 11.5 Å². The first-order valence-corrected chi connectivity index (χ1v) is 7.95. The Morgan fingerprint density at radius 1 is 1.26 bits per heavy atom. The second-order valence-corrected chi connectivity index (χ2v) is 5.72. The summed E-state index contributed by atoms with van der Waals surface area (Å²) in [7, 11) is 1.23. The van der Waals surface area contributed by atoms with Crippen molar-refractivity contribution in [1.82, 2.24) is 5.43 Å². The molecule has 0 unspecified atom stereocenters. The molecule has 9 nitrogen and oxygen atoms in total. The number of methoxy groups -OCH3 is 1. The third-order valence-electron chi connectivity index (χ3n) is 3.34. The second-order valence-electron chi connectivity index (χ2n) is 5.72. The largest absolute Gasteiger partial charge is 0.865 e. The number of carbonyl (C=O) groups is 1. The number of amides is 1. The van der Waals surface area contributed by atoms with Gasteiger partial charge in [0, 0.05) is 22.9 Å². The van der Waals surface area contributed by atoms with Gasteiger partial charge in [-0.2, -0.15) is 5.10 Å². The summed E-state index contributed by atoms with van der Waals surface area (Å²) >= 11 is 0. The van der Waals surface area contributed by atoms with Crippen LogP contribution in [-0.4, -0.2) is 30.3 Å². The lowest BCUT2D eigenvalue weighted by atomic mass is 10.2. The summed E-state index contributed by atoms with van der Waals surface area (Å²) in [5, 5.41) is 26.5. The molecule has 2 aromatic carbocycles. The lowest BCUT2D eigenvalue weighted by molar-refractivity contribution is -0.398. The topological polar surface area (TPSA) is 126 Å². The van der Waals surface area contributed by atoms with Gasteiger partial charge in [0.25, 0.3) is 11.6 Å². The lowest BCUT2D eigenvalue weighted by Crippen LogP contribution is -2.17. The molecule has 0 aliphatic carbocycles. The first-order chi connectivity index (χ1) is 12.8. The molecule has 0 heterocycles. The van der Waals surface area contributed by atoms with Crippen molar-refractivity contribution in [2.45, 2.75) is 20.0 Å². The van der Waals surface area contributed by atoms with Gasteiger partial charge in [-0.1, -0.05) is 0 Å². The van der Waals surface area contributed by atoms with Crippen LogP contribution in [0.2, 0.25) is 0 Å². The van der Waals surface area contributed by atoms with Crippen LogP contribution >= 0.6 is 0 Å². The highest BCUT2D eigenvalue weighted by Gasteiger charge is 2.13. The van der Waals surface area contributed by atoms with Crippen molar-refractivity contribution in [2.24, 2.45) is 5.10 Å². The molecule has 0 saturated heterocycles. The number of hydrogen-bond donors (Lipinski definition) is 1. The van der Waals surface area contributed by atoms with Gasteiger partial charge in [-0.15, -0.1) is 0 Å². The number of nitrogens with one attached hydrogen (secondary N) is 1. The molecule has 0 saturated carbocycles. The molecule has 0 spiro atoms. The van der Waals surface area contributed by atoms with Gasteiger partial charge < -0.3 is 14.6 Å². The smallest absolute Gasteiger partial charge is 0.271 e. The number of rotatable bonds is 7. The van der Waals surface area contributed by atoms with Crippen LogP contribution in [-0.2, 0) is 0 Å². The number of nitro benzene ring substituents is 1. The van der Waals surface area contributed by atoms with E-state index in [2.05, 4.69) is 10.5 Å². The van der Waals surface area contributed by atoms with Crippen LogP contribution in [0.25, 0.3) is 0 Å². The van der Waals surface area contributed by atoms with Crippen LogP contribution in [0.5, 0.6) is 17.2 Å². The molecule has 2 rings (SSSR count). The molecule has 27 heavy (non-hydrogen) atoms. The number of nitro groups is 1. The Bertz CT molecular complexity index is 862. The molecule has 0 bridgehead atoms. The Balaban J connectivity index is 2.09. The highest BCUT2D eigenvalue weighted by Crippen LogP contribution is 2.33. The fraction of sp³-hybridized carbons (Fsp3) is 0.222. The van der Waals surface area contributed by atoms with E-state index in [1.165, 1.54) is 19.4 Å². The molecule has 0 aromatic heterocycles.